The number of fused-ring (bicyclic) bond motifs is 2. The second-order valence-electron chi connectivity index (χ2n) is 6.85. The Balaban J connectivity index is 1.77. The van der Waals surface area contributed by atoms with Gasteiger partial charge in [0.2, 0.25) is 0 Å². The molecule has 1 amide bonds. The fourth-order valence-corrected chi connectivity index (χ4v) is 4.15. The Morgan fingerprint density at radius 1 is 1.29 bits per heavy atom. The average Bonchev–Trinajstić information content (AvgIpc) is 3.18. The number of hydrogen-bond acceptors (Lipinski definition) is 6. The van der Waals surface area contributed by atoms with Crippen molar-refractivity contribution in [3.8, 4) is 0 Å². The summed E-state index contributed by atoms with van der Waals surface area (Å²) in [5.74, 6) is -0.888. The van der Waals surface area contributed by atoms with Gasteiger partial charge in [0.1, 0.15) is 6.10 Å². The SMILES string of the molecule is CCN(CC)C(=O)C(O)(CC)[C@@H]1C[C@H]2N(CCC23OCCCO3)O1. The van der Waals surface area contributed by atoms with Crippen LogP contribution in [0.1, 0.15) is 46.5 Å². The Kier molecular flexibility index (Phi) is 5.18. The molecule has 0 aromatic carbocycles. The number of carbonyl (C=O) groups excluding carboxylic acids is 1. The van der Waals surface area contributed by atoms with Crippen molar-refractivity contribution in [2.45, 2.75) is 70.0 Å². The fourth-order valence-electron chi connectivity index (χ4n) is 4.15. The van der Waals surface area contributed by atoms with Gasteiger partial charge in [-0.25, -0.2) is 0 Å². The van der Waals surface area contributed by atoms with Crippen molar-refractivity contribution in [2.24, 2.45) is 0 Å². The van der Waals surface area contributed by atoms with Crippen LogP contribution in [0.3, 0.4) is 0 Å². The molecule has 24 heavy (non-hydrogen) atoms. The Labute approximate surface area is 143 Å². The van der Waals surface area contributed by atoms with E-state index < -0.39 is 17.5 Å². The number of nitrogens with zero attached hydrogens (tertiary/aromatic N) is 2. The van der Waals surface area contributed by atoms with Gasteiger partial charge in [0.25, 0.3) is 5.91 Å². The van der Waals surface area contributed by atoms with Crippen molar-refractivity contribution in [1.29, 1.82) is 0 Å². The summed E-state index contributed by atoms with van der Waals surface area (Å²) >= 11 is 0. The van der Waals surface area contributed by atoms with Crippen LogP contribution in [-0.2, 0) is 19.1 Å². The molecule has 1 N–H and O–H groups in total. The minimum absolute atomic E-state index is 0.0645. The number of aliphatic hydroxyl groups is 1. The molecule has 7 nitrogen and oxygen atoms in total. The smallest absolute Gasteiger partial charge is 0.257 e. The third-order valence-electron chi connectivity index (χ3n) is 5.71. The summed E-state index contributed by atoms with van der Waals surface area (Å²) in [6.07, 6.45) is 1.96. The summed E-state index contributed by atoms with van der Waals surface area (Å²) in [6, 6.07) is -0.0645. The van der Waals surface area contributed by atoms with E-state index >= 15 is 0 Å². The molecule has 0 aromatic rings. The van der Waals surface area contributed by atoms with Gasteiger partial charge in [0.15, 0.2) is 11.4 Å². The standard InChI is InChI=1S/C17H30N2O5/c1-4-16(21,15(20)18(5-2)6-3)14-12-13-17(8-9-19(13)24-14)22-10-7-11-23-17/h13-14,21H,4-12H2,1-3H3/t13-,14+,16?/m1/s1. The fraction of sp³-hybridized carbons (Fsp3) is 0.941. The van der Waals surface area contributed by atoms with Crippen LogP contribution in [0.2, 0.25) is 0 Å². The number of rotatable bonds is 5. The first kappa shape index (κ1) is 18.1. The second-order valence-corrected chi connectivity index (χ2v) is 6.85. The van der Waals surface area contributed by atoms with Crippen LogP contribution in [0.15, 0.2) is 0 Å². The maximum atomic E-state index is 12.8. The van der Waals surface area contributed by atoms with E-state index in [4.69, 9.17) is 14.3 Å². The Hall–Kier alpha value is -0.730. The highest BCUT2D eigenvalue weighted by Crippen LogP contribution is 2.45. The van der Waals surface area contributed by atoms with Crippen LogP contribution in [0.4, 0.5) is 0 Å². The summed E-state index contributed by atoms with van der Waals surface area (Å²) in [5.41, 5.74) is -1.51. The predicted octanol–water partition coefficient (Wildman–Crippen LogP) is 0.907. The van der Waals surface area contributed by atoms with Crippen molar-refractivity contribution in [3.63, 3.8) is 0 Å². The summed E-state index contributed by atoms with van der Waals surface area (Å²) < 4.78 is 11.9. The minimum atomic E-state index is -1.51. The van der Waals surface area contributed by atoms with Crippen LogP contribution >= 0.6 is 0 Å². The molecule has 3 rings (SSSR count). The van der Waals surface area contributed by atoms with Crippen molar-refractivity contribution >= 4 is 5.91 Å². The molecule has 3 fully saturated rings. The van der Waals surface area contributed by atoms with Crippen molar-refractivity contribution in [1.82, 2.24) is 9.96 Å². The van der Waals surface area contributed by atoms with Gasteiger partial charge < -0.3 is 19.5 Å². The lowest BCUT2D eigenvalue weighted by atomic mass is 9.86. The molecule has 0 radical (unpaired) electrons. The van der Waals surface area contributed by atoms with Crippen molar-refractivity contribution in [3.05, 3.63) is 0 Å². The maximum absolute atomic E-state index is 12.8. The normalized spacial score (nSPS) is 31.8. The molecule has 1 spiro atoms. The number of ether oxygens (including phenoxy) is 2. The molecule has 3 aliphatic rings. The van der Waals surface area contributed by atoms with Gasteiger partial charge in [-0.15, -0.1) is 0 Å². The van der Waals surface area contributed by atoms with Gasteiger partial charge >= 0.3 is 0 Å². The lowest BCUT2D eigenvalue weighted by Gasteiger charge is -2.38. The van der Waals surface area contributed by atoms with Crippen LogP contribution < -0.4 is 0 Å². The highest BCUT2D eigenvalue weighted by atomic mass is 16.7. The topological polar surface area (TPSA) is 71.5 Å². The molecular weight excluding hydrogens is 312 g/mol. The first-order chi connectivity index (χ1) is 11.5. The number of hydrogen-bond donors (Lipinski definition) is 1. The maximum Gasteiger partial charge on any atom is 0.257 e. The number of hydroxylamine groups is 2. The van der Waals surface area contributed by atoms with E-state index in [1.165, 1.54) is 0 Å². The van der Waals surface area contributed by atoms with E-state index in [1.807, 2.05) is 25.8 Å². The molecule has 3 saturated heterocycles. The Morgan fingerprint density at radius 3 is 2.54 bits per heavy atom. The first-order valence-corrected chi connectivity index (χ1v) is 9.23. The monoisotopic (exact) mass is 342 g/mol. The van der Waals surface area contributed by atoms with Crippen LogP contribution in [0, 0.1) is 0 Å². The van der Waals surface area contributed by atoms with Crippen LogP contribution in [0.25, 0.3) is 0 Å². The zero-order valence-corrected chi connectivity index (χ0v) is 15.0. The molecule has 0 saturated carbocycles. The van der Waals surface area contributed by atoms with Crippen molar-refractivity contribution in [2.75, 3.05) is 32.8 Å². The number of likely N-dealkylation sites (N-methyl/N-ethyl adjacent to an activating group) is 1. The molecule has 0 bridgehead atoms. The zero-order valence-electron chi connectivity index (χ0n) is 15.0. The lowest BCUT2D eigenvalue weighted by Crippen LogP contribution is -2.56. The Morgan fingerprint density at radius 2 is 1.96 bits per heavy atom. The summed E-state index contributed by atoms with van der Waals surface area (Å²) in [5, 5.41) is 13.0. The third kappa shape index (κ3) is 2.76. The summed E-state index contributed by atoms with van der Waals surface area (Å²) in [7, 11) is 0. The quantitative estimate of drug-likeness (QED) is 0.801. The van der Waals surface area contributed by atoms with E-state index in [9.17, 15) is 9.90 Å². The molecule has 0 aromatic heterocycles. The predicted molar refractivity (Wildman–Crippen MR) is 87.0 cm³/mol. The van der Waals surface area contributed by atoms with Gasteiger partial charge in [0, 0.05) is 32.5 Å². The number of carbonyl (C=O) groups is 1. The van der Waals surface area contributed by atoms with Crippen LogP contribution in [0.5, 0.6) is 0 Å². The highest BCUT2D eigenvalue weighted by Gasteiger charge is 2.60. The second kappa shape index (κ2) is 6.88. The molecular formula is C17H30N2O5. The number of amides is 1. The van der Waals surface area contributed by atoms with E-state index in [2.05, 4.69) is 0 Å². The molecule has 3 heterocycles. The van der Waals surface area contributed by atoms with Gasteiger partial charge in [-0.2, -0.15) is 5.06 Å². The summed E-state index contributed by atoms with van der Waals surface area (Å²) in [6.45, 7) is 8.89. The van der Waals surface area contributed by atoms with Gasteiger partial charge in [-0.05, 0) is 26.7 Å². The average molecular weight is 342 g/mol. The van der Waals surface area contributed by atoms with Gasteiger partial charge in [-0.3, -0.25) is 9.63 Å². The molecule has 3 atom stereocenters. The van der Waals surface area contributed by atoms with Gasteiger partial charge in [0.05, 0.1) is 19.3 Å². The molecule has 138 valence electrons. The molecule has 7 heteroatoms. The van der Waals surface area contributed by atoms with E-state index in [0.717, 1.165) is 12.8 Å². The highest BCUT2D eigenvalue weighted by molar-refractivity contribution is 5.85. The third-order valence-corrected chi connectivity index (χ3v) is 5.71. The lowest BCUT2D eigenvalue weighted by molar-refractivity contribution is -0.284. The Bertz CT molecular complexity index is 458. The molecule has 1 unspecified atom stereocenters. The van der Waals surface area contributed by atoms with E-state index in [1.54, 1.807) is 4.90 Å². The van der Waals surface area contributed by atoms with E-state index in [-0.39, 0.29) is 11.9 Å². The van der Waals surface area contributed by atoms with Gasteiger partial charge in [-0.1, -0.05) is 6.92 Å². The molecule has 3 aliphatic heterocycles. The summed E-state index contributed by atoms with van der Waals surface area (Å²) in [4.78, 5) is 20.5. The minimum Gasteiger partial charge on any atom is -0.377 e. The largest absolute Gasteiger partial charge is 0.377 e. The molecule has 0 aliphatic carbocycles. The van der Waals surface area contributed by atoms with E-state index in [0.29, 0.717) is 45.7 Å². The van der Waals surface area contributed by atoms with Crippen molar-refractivity contribution < 1.29 is 24.2 Å². The van der Waals surface area contributed by atoms with Crippen LogP contribution in [-0.4, -0.2) is 77.4 Å². The first-order valence-electron chi connectivity index (χ1n) is 9.23. The zero-order chi connectivity index (χ0) is 17.4.